The first kappa shape index (κ1) is 17.2. The van der Waals surface area contributed by atoms with Crippen LogP contribution in [0.2, 0.25) is 5.15 Å². The van der Waals surface area contributed by atoms with Crippen molar-refractivity contribution in [3.8, 4) is 0 Å². The molecule has 5 rings (SSSR count). The van der Waals surface area contributed by atoms with Gasteiger partial charge in [0.2, 0.25) is 0 Å². The molecular formula is C19H15ClN6OS. The molecule has 28 heavy (non-hydrogen) atoms. The van der Waals surface area contributed by atoms with Gasteiger partial charge in [0.1, 0.15) is 28.0 Å². The van der Waals surface area contributed by atoms with Gasteiger partial charge in [-0.2, -0.15) is 0 Å². The van der Waals surface area contributed by atoms with Gasteiger partial charge in [-0.3, -0.25) is 4.79 Å². The molecule has 0 fully saturated rings. The molecular weight excluding hydrogens is 396 g/mol. The summed E-state index contributed by atoms with van der Waals surface area (Å²) in [6.07, 6.45) is 1.40. The Kier molecular flexibility index (Phi) is 4.03. The molecule has 1 aliphatic rings. The molecule has 1 aliphatic heterocycles. The summed E-state index contributed by atoms with van der Waals surface area (Å²) in [7, 11) is 0. The van der Waals surface area contributed by atoms with Gasteiger partial charge in [-0.1, -0.05) is 11.6 Å². The van der Waals surface area contributed by atoms with E-state index >= 15 is 0 Å². The second-order valence-electron chi connectivity index (χ2n) is 6.61. The maximum atomic E-state index is 12.5. The van der Waals surface area contributed by atoms with Gasteiger partial charge >= 0.3 is 0 Å². The minimum absolute atomic E-state index is 0.0336. The predicted octanol–water partition coefficient (Wildman–Crippen LogP) is 4.18. The summed E-state index contributed by atoms with van der Waals surface area (Å²) in [4.78, 5) is 25.9. The molecule has 1 atom stereocenters. The van der Waals surface area contributed by atoms with Gasteiger partial charge in [0.05, 0.1) is 11.2 Å². The fourth-order valence-electron chi connectivity index (χ4n) is 3.33. The lowest BCUT2D eigenvalue weighted by Gasteiger charge is -2.10. The summed E-state index contributed by atoms with van der Waals surface area (Å²) < 4.78 is 1.06. The van der Waals surface area contributed by atoms with Crippen LogP contribution in [-0.2, 0) is 0 Å². The van der Waals surface area contributed by atoms with E-state index in [0.29, 0.717) is 28.2 Å². The Morgan fingerprint density at radius 2 is 2.11 bits per heavy atom. The zero-order valence-corrected chi connectivity index (χ0v) is 16.4. The number of benzene rings is 1. The normalized spacial score (nSPS) is 16.4. The van der Waals surface area contributed by atoms with Gasteiger partial charge in [-0.05, 0) is 31.2 Å². The summed E-state index contributed by atoms with van der Waals surface area (Å²) in [6, 6.07) is 9.59. The van der Waals surface area contributed by atoms with E-state index in [0.717, 1.165) is 26.7 Å². The Hall–Kier alpha value is -2.97. The highest BCUT2D eigenvalue weighted by Gasteiger charge is 2.24. The van der Waals surface area contributed by atoms with Crippen molar-refractivity contribution in [2.24, 2.45) is 0 Å². The Morgan fingerprint density at radius 3 is 2.96 bits per heavy atom. The van der Waals surface area contributed by atoms with Crippen LogP contribution in [0.25, 0.3) is 21.0 Å². The monoisotopic (exact) mass is 410 g/mol. The van der Waals surface area contributed by atoms with E-state index < -0.39 is 0 Å². The second-order valence-corrected chi connectivity index (χ2v) is 8.05. The number of fused-ring (bicyclic) bond motifs is 5. The zero-order valence-electron chi connectivity index (χ0n) is 14.8. The lowest BCUT2D eigenvalue weighted by atomic mass is 10.1. The molecule has 0 bridgehead atoms. The minimum Gasteiger partial charge on any atom is -0.381 e. The van der Waals surface area contributed by atoms with Crippen LogP contribution in [0.15, 0.2) is 36.7 Å². The topological polar surface area (TPSA) is 91.8 Å². The average molecular weight is 411 g/mol. The van der Waals surface area contributed by atoms with Crippen LogP contribution >= 0.6 is 22.9 Å². The number of carbonyl (C=O) groups is 1. The number of hydrogen-bond acceptors (Lipinski definition) is 7. The smallest absolute Gasteiger partial charge is 0.263 e. The molecule has 4 aromatic rings. The van der Waals surface area contributed by atoms with E-state index in [1.54, 1.807) is 6.07 Å². The molecule has 0 spiro atoms. The van der Waals surface area contributed by atoms with E-state index in [4.69, 9.17) is 16.6 Å². The number of thiophene rings is 1. The Balaban J connectivity index is 1.62. The summed E-state index contributed by atoms with van der Waals surface area (Å²) in [5, 5.41) is 12.0. The summed E-state index contributed by atoms with van der Waals surface area (Å²) in [5.74, 6) is 1.20. The fraction of sp³-hybridized carbons (Fsp3) is 0.158. The first-order chi connectivity index (χ1) is 13.6. The number of nitrogens with one attached hydrogen (secondary N) is 3. The Morgan fingerprint density at radius 1 is 1.21 bits per heavy atom. The van der Waals surface area contributed by atoms with Crippen molar-refractivity contribution >= 4 is 67.2 Å². The van der Waals surface area contributed by atoms with Gasteiger partial charge in [-0.25, -0.2) is 15.0 Å². The molecule has 7 nitrogen and oxygen atoms in total. The first-order valence-corrected chi connectivity index (χ1v) is 9.93. The fourth-order valence-corrected chi connectivity index (χ4v) is 4.57. The lowest BCUT2D eigenvalue weighted by Crippen LogP contribution is -2.34. The van der Waals surface area contributed by atoms with E-state index in [-0.39, 0.29) is 11.9 Å². The number of anilines is 3. The van der Waals surface area contributed by atoms with Gasteiger partial charge in [0, 0.05) is 34.1 Å². The van der Waals surface area contributed by atoms with Crippen LogP contribution in [0.5, 0.6) is 0 Å². The van der Waals surface area contributed by atoms with Crippen LogP contribution in [0.4, 0.5) is 17.3 Å². The summed E-state index contributed by atoms with van der Waals surface area (Å²) in [6.45, 7) is 2.67. The maximum Gasteiger partial charge on any atom is 0.263 e. The summed E-state index contributed by atoms with van der Waals surface area (Å²) >= 11 is 7.41. The Labute approximate surface area is 169 Å². The van der Waals surface area contributed by atoms with Gasteiger partial charge in [0.25, 0.3) is 5.91 Å². The van der Waals surface area contributed by atoms with E-state index in [1.807, 2.05) is 31.2 Å². The third-order valence-corrected chi connectivity index (χ3v) is 5.94. The van der Waals surface area contributed by atoms with Crippen LogP contribution in [-0.4, -0.2) is 33.4 Å². The highest BCUT2D eigenvalue weighted by molar-refractivity contribution is 7.21. The highest BCUT2D eigenvalue weighted by Crippen LogP contribution is 2.41. The number of amides is 1. The predicted molar refractivity (Wildman–Crippen MR) is 113 cm³/mol. The van der Waals surface area contributed by atoms with Crippen LogP contribution in [0.3, 0.4) is 0 Å². The number of pyridine rings is 1. The van der Waals surface area contributed by atoms with Crippen molar-refractivity contribution in [3.63, 3.8) is 0 Å². The molecule has 0 saturated carbocycles. The number of hydrogen-bond donors (Lipinski definition) is 3. The van der Waals surface area contributed by atoms with Crippen LogP contribution < -0.4 is 16.0 Å². The largest absolute Gasteiger partial charge is 0.381 e. The van der Waals surface area contributed by atoms with Gasteiger partial charge < -0.3 is 16.0 Å². The van der Waals surface area contributed by atoms with Crippen molar-refractivity contribution in [3.05, 3.63) is 46.7 Å². The number of halogens is 1. The SMILES string of the molecule is C[C@@H]1CNc2c(sc3ccc4nc(Nc5cc(Cl)ncn5)ccc4c23)C(=O)N1. The van der Waals surface area contributed by atoms with Crippen molar-refractivity contribution in [2.45, 2.75) is 13.0 Å². The molecule has 3 N–H and O–H groups in total. The number of carbonyl (C=O) groups excluding carboxylic acids is 1. The second kappa shape index (κ2) is 6.57. The van der Waals surface area contributed by atoms with Crippen molar-refractivity contribution in [1.82, 2.24) is 20.3 Å². The zero-order chi connectivity index (χ0) is 19.3. The molecule has 3 aromatic heterocycles. The third-order valence-electron chi connectivity index (χ3n) is 4.58. The van der Waals surface area contributed by atoms with Gasteiger partial charge in [0.15, 0.2) is 0 Å². The number of rotatable bonds is 2. The van der Waals surface area contributed by atoms with E-state index in [9.17, 15) is 4.79 Å². The standard InChI is InChI=1S/C19H15ClN6OS/c1-9-7-21-17-16-10-2-5-14(26-15-6-13(20)22-8-23-15)25-11(10)3-4-12(16)28-18(17)19(27)24-9/h2-6,8-9,21H,7H2,1H3,(H,24,27)(H,22,23,25,26)/t9-/m1/s1. The molecule has 0 unspecified atom stereocenters. The average Bonchev–Trinajstić information content (AvgIpc) is 2.99. The van der Waals surface area contributed by atoms with Gasteiger partial charge in [-0.15, -0.1) is 11.3 Å². The summed E-state index contributed by atoms with van der Waals surface area (Å²) in [5.41, 5.74) is 1.72. The van der Waals surface area contributed by atoms with Crippen molar-refractivity contribution in [2.75, 3.05) is 17.2 Å². The lowest BCUT2D eigenvalue weighted by molar-refractivity contribution is 0.0949. The Bertz CT molecular complexity index is 1240. The quantitative estimate of drug-likeness (QED) is 0.429. The number of nitrogens with zero attached hydrogens (tertiary/aromatic N) is 3. The third kappa shape index (κ3) is 2.90. The maximum absolute atomic E-state index is 12.5. The molecule has 0 radical (unpaired) electrons. The van der Waals surface area contributed by atoms with Crippen LogP contribution in [0.1, 0.15) is 16.6 Å². The minimum atomic E-state index is -0.0336. The molecule has 140 valence electrons. The van der Waals surface area contributed by atoms with Crippen molar-refractivity contribution < 1.29 is 4.79 Å². The molecule has 9 heteroatoms. The molecule has 0 saturated heterocycles. The van der Waals surface area contributed by atoms with E-state index in [1.165, 1.54) is 17.7 Å². The molecule has 0 aliphatic carbocycles. The van der Waals surface area contributed by atoms with Crippen LogP contribution in [0, 0.1) is 0 Å². The molecule has 1 amide bonds. The highest BCUT2D eigenvalue weighted by atomic mass is 35.5. The number of aromatic nitrogens is 3. The first-order valence-electron chi connectivity index (χ1n) is 8.74. The molecule has 1 aromatic carbocycles. The van der Waals surface area contributed by atoms with E-state index in [2.05, 4.69) is 25.9 Å². The molecule has 4 heterocycles. The van der Waals surface area contributed by atoms with Crippen molar-refractivity contribution in [1.29, 1.82) is 0 Å².